The van der Waals surface area contributed by atoms with E-state index in [1.165, 1.54) is 0 Å². The fraction of sp³-hybridized carbons (Fsp3) is 0.857. The number of hydrogen-bond acceptors (Lipinski definition) is 3. The Morgan fingerprint density at radius 2 is 1.90 bits per heavy atom. The summed E-state index contributed by atoms with van der Waals surface area (Å²) in [6, 6.07) is -0.342. The lowest BCUT2D eigenvalue weighted by Crippen LogP contribution is -2.56. The van der Waals surface area contributed by atoms with Gasteiger partial charge in [0.15, 0.2) is 0 Å². The third kappa shape index (κ3) is 3.42. The number of carbonyl (C=O) groups excluding carboxylic acids is 1. The van der Waals surface area contributed by atoms with E-state index in [1.54, 1.807) is 4.90 Å². The molecular formula is C14H24N2O4. The molecule has 0 bridgehead atoms. The highest BCUT2D eigenvalue weighted by molar-refractivity contribution is 5.77. The lowest BCUT2D eigenvalue weighted by atomic mass is 9.79. The van der Waals surface area contributed by atoms with Crippen molar-refractivity contribution in [2.75, 3.05) is 13.2 Å². The number of carboxylic acids is 1. The molecule has 114 valence electrons. The Bertz CT molecular complexity index is 366. The molecule has 1 atom stereocenters. The maximum atomic E-state index is 12.4. The van der Waals surface area contributed by atoms with Gasteiger partial charge in [-0.2, -0.15) is 0 Å². The van der Waals surface area contributed by atoms with Crippen LogP contribution >= 0.6 is 0 Å². The van der Waals surface area contributed by atoms with Crippen LogP contribution in [0.3, 0.4) is 0 Å². The highest BCUT2D eigenvalue weighted by atomic mass is 16.4. The first-order valence-electron chi connectivity index (χ1n) is 7.48. The number of carbonyl (C=O) groups is 2. The minimum absolute atomic E-state index is 0.0175. The summed E-state index contributed by atoms with van der Waals surface area (Å²) in [6.07, 6.45) is 6.15. The second kappa shape index (κ2) is 6.43. The van der Waals surface area contributed by atoms with Crippen molar-refractivity contribution < 1.29 is 19.8 Å². The first-order valence-corrected chi connectivity index (χ1v) is 7.48. The molecule has 1 saturated carbocycles. The van der Waals surface area contributed by atoms with Crippen LogP contribution in [-0.4, -0.2) is 51.8 Å². The molecule has 0 radical (unpaired) electrons. The maximum Gasteiger partial charge on any atom is 0.318 e. The summed E-state index contributed by atoms with van der Waals surface area (Å²) < 4.78 is 0. The van der Waals surface area contributed by atoms with E-state index in [4.69, 9.17) is 5.11 Å². The third-order valence-corrected chi connectivity index (χ3v) is 4.52. The average molecular weight is 284 g/mol. The number of likely N-dealkylation sites (tertiary alicyclic amines) is 1. The zero-order chi connectivity index (χ0) is 14.6. The van der Waals surface area contributed by atoms with E-state index >= 15 is 0 Å². The van der Waals surface area contributed by atoms with E-state index in [0.717, 1.165) is 44.9 Å². The van der Waals surface area contributed by atoms with E-state index in [1.807, 2.05) is 0 Å². The minimum atomic E-state index is -0.868. The van der Waals surface area contributed by atoms with Crippen molar-refractivity contribution in [2.45, 2.75) is 62.9 Å². The van der Waals surface area contributed by atoms with Gasteiger partial charge < -0.3 is 20.4 Å². The Morgan fingerprint density at radius 3 is 2.50 bits per heavy atom. The SMILES string of the molecule is O=C(O)CC1(NC(=O)N2CCCC2CO)CCCCC1. The van der Waals surface area contributed by atoms with Gasteiger partial charge in [-0.3, -0.25) is 4.79 Å². The van der Waals surface area contributed by atoms with Crippen molar-refractivity contribution in [3.8, 4) is 0 Å². The monoisotopic (exact) mass is 284 g/mol. The van der Waals surface area contributed by atoms with E-state index in [-0.39, 0.29) is 25.1 Å². The summed E-state index contributed by atoms with van der Waals surface area (Å²) in [5.41, 5.74) is -0.607. The van der Waals surface area contributed by atoms with Crippen LogP contribution in [0.25, 0.3) is 0 Å². The Kier molecular flexibility index (Phi) is 4.86. The number of urea groups is 1. The number of carboxylic acid groups (broad SMARTS) is 1. The molecule has 1 aliphatic carbocycles. The van der Waals surface area contributed by atoms with E-state index < -0.39 is 11.5 Å². The van der Waals surface area contributed by atoms with Gasteiger partial charge in [-0.05, 0) is 25.7 Å². The van der Waals surface area contributed by atoms with Gasteiger partial charge in [0, 0.05) is 6.54 Å². The average Bonchev–Trinajstić information content (AvgIpc) is 2.87. The van der Waals surface area contributed by atoms with Crippen molar-refractivity contribution in [1.82, 2.24) is 10.2 Å². The quantitative estimate of drug-likeness (QED) is 0.726. The van der Waals surface area contributed by atoms with Crippen molar-refractivity contribution in [1.29, 1.82) is 0 Å². The molecule has 2 amide bonds. The van der Waals surface area contributed by atoms with Gasteiger partial charge in [0.25, 0.3) is 0 Å². The Morgan fingerprint density at radius 1 is 1.20 bits per heavy atom. The number of rotatable bonds is 4. The minimum Gasteiger partial charge on any atom is -0.481 e. The molecular weight excluding hydrogens is 260 g/mol. The summed E-state index contributed by atoms with van der Waals surface area (Å²) in [5, 5.41) is 21.4. The molecule has 1 saturated heterocycles. The smallest absolute Gasteiger partial charge is 0.318 e. The van der Waals surface area contributed by atoms with Gasteiger partial charge in [-0.25, -0.2) is 4.79 Å². The first-order chi connectivity index (χ1) is 9.56. The second-order valence-corrected chi connectivity index (χ2v) is 6.01. The van der Waals surface area contributed by atoms with Crippen LogP contribution in [0, 0.1) is 0 Å². The molecule has 0 spiro atoms. The molecule has 2 rings (SSSR count). The van der Waals surface area contributed by atoms with E-state index in [0.29, 0.717) is 6.54 Å². The Hall–Kier alpha value is -1.30. The van der Waals surface area contributed by atoms with Crippen LogP contribution < -0.4 is 5.32 Å². The lowest BCUT2D eigenvalue weighted by Gasteiger charge is -2.39. The van der Waals surface area contributed by atoms with Gasteiger partial charge in [0.2, 0.25) is 0 Å². The first kappa shape index (κ1) is 15.1. The molecule has 3 N–H and O–H groups in total. The van der Waals surface area contributed by atoms with Crippen LogP contribution in [0.5, 0.6) is 0 Å². The number of aliphatic hydroxyl groups excluding tert-OH is 1. The predicted molar refractivity (Wildman–Crippen MR) is 73.4 cm³/mol. The van der Waals surface area contributed by atoms with Crippen molar-refractivity contribution in [3.63, 3.8) is 0 Å². The van der Waals surface area contributed by atoms with Crippen LogP contribution in [0.2, 0.25) is 0 Å². The molecule has 2 aliphatic rings. The molecule has 6 nitrogen and oxygen atoms in total. The Labute approximate surface area is 119 Å². The van der Waals surface area contributed by atoms with Crippen LogP contribution in [-0.2, 0) is 4.79 Å². The third-order valence-electron chi connectivity index (χ3n) is 4.52. The molecule has 1 unspecified atom stereocenters. The largest absolute Gasteiger partial charge is 0.481 e. The van der Waals surface area contributed by atoms with Crippen molar-refractivity contribution in [2.24, 2.45) is 0 Å². The number of amides is 2. The molecule has 1 heterocycles. The molecule has 1 aliphatic heterocycles. The van der Waals surface area contributed by atoms with Crippen LogP contribution in [0.1, 0.15) is 51.4 Å². The van der Waals surface area contributed by atoms with Gasteiger partial charge in [-0.15, -0.1) is 0 Å². The summed E-state index contributed by atoms with van der Waals surface area (Å²) in [6.45, 7) is 0.611. The molecule has 6 heteroatoms. The van der Waals surface area contributed by atoms with E-state index in [2.05, 4.69) is 5.32 Å². The highest BCUT2D eigenvalue weighted by Gasteiger charge is 2.38. The molecule has 2 fully saturated rings. The summed E-state index contributed by atoms with van der Waals surface area (Å²) in [4.78, 5) is 25.1. The number of aliphatic carboxylic acids is 1. The van der Waals surface area contributed by atoms with Gasteiger partial charge in [0.1, 0.15) is 0 Å². The highest BCUT2D eigenvalue weighted by Crippen LogP contribution is 2.32. The summed E-state index contributed by atoms with van der Waals surface area (Å²) in [5.74, 6) is -0.868. The zero-order valence-corrected chi connectivity index (χ0v) is 11.8. The zero-order valence-electron chi connectivity index (χ0n) is 11.8. The predicted octanol–water partition coefficient (Wildman–Crippen LogP) is 1.33. The summed E-state index contributed by atoms with van der Waals surface area (Å²) >= 11 is 0. The molecule has 20 heavy (non-hydrogen) atoms. The second-order valence-electron chi connectivity index (χ2n) is 6.01. The molecule has 0 aromatic carbocycles. The number of nitrogens with one attached hydrogen (secondary N) is 1. The molecule has 0 aromatic heterocycles. The van der Waals surface area contributed by atoms with Crippen molar-refractivity contribution in [3.05, 3.63) is 0 Å². The van der Waals surface area contributed by atoms with Crippen molar-refractivity contribution >= 4 is 12.0 Å². The van der Waals surface area contributed by atoms with E-state index in [9.17, 15) is 14.7 Å². The van der Waals surface area contributed by atoms with Gasteiger partial charge in [-0.1, -0.05) is 19.3 Å². The number of aliphatic hydroxyl groups is 1. The molecule has 0 aromatic rings. The maximum absolute atomic E-state index is 12.4. The van der Waals surface area contributed by atoms with Crippen LogP contribution in [0.4, 0.5) is 4.79 Å². The number of nitrogens with zero attached hydrogens (tertiary/aromatic N) is 1. The topological polar surface area (TPSA) is 89.9 Å². The van der Waals surface area contributed by atoms with Crippen LogP contribution in [0.15, 0.2) is 0 Å². The standard InChI is InChI=1S/C14H24N2O4/c17-10-11-5-4-8-16(11)13(20)15-14(9-12(18)19)6-2-1-3-7-14/h11,17H,1-10H2,(H,15,20)(H,18,19). The van der Waals surface area contributed by atoms with Gasteiger partial charge in [0.05, 0.1) is 24.6 Å². The number of hydrogen-bond donors (Lipinski definition) is 3. The fourth-order valence-corrected chi connectivity index (χ4v) is 3.46. The summed E-state index contributed by atoms with van der Waals surface area (Å²) in [7, 11) is 0. The normalized spacial score (nSPS) is 25.4. The lowest BCUT2D eigenvalue weighted by molar-refractivity contribution is -0.139. The van der Waals surface area contributed by atoms with Gasteiger partial charge >= 0.3 is 12.0 Å². The Balaban J connectivity index is 2.03. The fourth-order valence-electron chi connectivity index (χ4n) is 3.46.